The van der Waals surface area contributed by atoms with E-state index in [4.69, 9.17) is 4.74 Å². The topological polar surface area (TPSA) is 93.3 Å². The summed E-state index contributed by atoms with van der Waals surface area (Å²) < 4.78 is 9.35. The van der Waals surface area contributed by atoms with Gasteiger partial charge in [-0.15, -0.1) is 5.10 Å². The average molecular weight is 432 g/mol. The summed E-state index contributed by atoms with van der Waals surface area (Å²) in [6, 6.07) is 15.9. The molecule has 1 atom stereocenters. The number of nitrogens with zero attached hydrogens (tertiary/aromatic N) is 6. The van der Waals surface area contributed by atoms with Crippen molar-refractivity contribution in [3.63, 3.8) is 0 Å². The number of rotatable bonds is 6. The lowest BCUT2D eigenvalue weighted by Gasteiger charge is -2.32. The lowest BCUT2D eigenvalue weighted by atomic mass is 10.2. The Hall–Kier alpha value is -3.85. The first-order valence-electron chi connectivity index (χ1n) is 10.5. The molecule has 2 aromatic heterocycles. The highest BCUT2D eigenvalue weighted by Gasteiger charge is 2.28. The number of aryl methyl sites for hydroxylation is 2. The van der Waals surface area contributed by atoms with Crippen molar-refractivity contribution in [3.8, 4) is 11.4 Å². The molecule has 1 aliphatic heterocycles. The van der Waals surface area contributed by atoms with E-state index in [0.717, 1.165) is 22.6 Å². The van der Waals surface area contributed by atoms with Crippen LogP contribution >= 0.6 is 0 Å². The van der Waals surface area contributed by atoms with Crippen LogP contribution in [0.3, 0.4) is 0 Å². The average Bonchev–Trinajstić information content (AvgIpc) is 3.42. The lowest BCUT2D eigenvalue weighted by molar-refractivity contribution is 0.134. The molecule has 5 rings (SSSR count). The van der Waals surface area contributed by atoms with Crippen LogP contribution < -0.4 is 15.0 Å². The highest BCUT2D eigenvalue weighted by molar-refractivity contribution is 5.62. The van der Waals surface area contributed by atoms with Crippen molar-refractivity contribution < 1.29 is 9.84 Å². The highest BCUT2D eigenvalue weighted by Crippen LogP contribution is 2.30. The van der Waals surface area contributed by atoms with Crippen LogP contribution in [0.5, 0.6) is 5.75 Å². The standard InChI is InChI=1S/C23H25N7O2/c1-16-13-28(15-24-16)19-9-8-18(12-20(19)32-2)25-22-26-23-29(14-17-6-4-3-5-7-17)21(31)10-11-30(23)27-22/h3-9,12-13,15,21,31H,10-11,14H2,1-2H3,(H,25,27). The second-order valence-electron chi connectivity index (χ2n) is 7.78. The molecular weight excluding hydrogens is 406 g/mol. The first-order chi connectivity index (χ1) is 15.6. The molecule has 32 heavy (non-hydrogen) atoms. The van der Waals surface area contributed by atoms with Gasteiger partial charge >= 0.3 is 0 Å². The summed E-state index contributed by atoms with van der Waals surface area (Å²) >= 11 is 0. The molecule has 0 saturated heterocycles. The van der Waals surface area contributed by atoms with Crippen LogP contribution in [0.15, 0.2) is 61.1 Å². The maximum absolute atomic E-state index is 10.6. The molecule has 0 fully saturated rings. The van der Waals surface area contributed by atoms with Gasteiger partial charge in [-0.2, -0.15) is 4.98 Å². The van der Waals surface area contributed by atoms with Crippen LogP contribution in [-0.4, -0.2) is 42.8 Å². The Morgan fingerprint density at radius 1 is 1.19 bits per heavy atom. The monoisotopic (exact) mass is 431 g/mol. The second-order valence-corrected chi connectivity index (χ2v) is 7.78. The van der Waals surface area contributed by atoms with Gasteiger partial charge in [0.2, 0.25) is 11.9 Å². The SMILES string of the molecule is COc1cc(Nc2nc3n(n2)CCC(O)N3Cc2ccccc2)ccc1-n1cnc(C)c1. The fourth-order valence-corrected chi connectivity index (χ4v) is 3.88. The second kappa shape index (κ2) is 8.35. The number of aliphatic hydroxyl groups excluding tert-OH is 1. The van der Waals surface area contributed by atoms with Gasteiger partial charge in [0.05, 0.1) is 24.8 Å². The molecule has 3 heterocycles. The number of aromatic nitrogens is 5. The summed E-state index contributed by atoms with van der Waals surface area (Å²) in [5.41, 5.74) is 3.74. The molecule has 0 aliphatic carbocycles. The minimum absolute atomic E-state index is 0.473. The van der Waals surface area contributed by atoms with E-state index in [1.807, 2.05) is 75.8 Å². The number of ether oxygens (including phenoxy) is 1. The molecule has 1 aliphatic rings. The zero-order valence-corrected chi connectivity index (χ0v) is 18.0. The Bertz CT molecular complexity index is 1220. The van der Waals surface area contributed by atoms with Crippen molar-refractivity contribution in [1.29, 1.82) is 0 Å². The van der Waals surface area contributed by atoms with Crippen LogP contribution in [0.1, 0.15) is 17.7 Å². The quantitative estimate of drug-likeness (QED) is 0.484. The maximum Gasteiger partial charge on any atom is 0.248 e. The Morgan fingerprint density at radius 2 is 2.03 bits per heavy atom. The van der Waals surface area contributed by atoms with Crippen LogP contribution in [0.2, 0.25) is 0 Å². The van der Waals surface area contributed by atoms with Crippen LogP contribution in [0.4, 0.5) is 17.6 Å². The summed E-state index contributed by atoms with van der Waals surface area (Å²) in [5.74, 6) is 1.82. The predicted octanol–water partition coefficient (Wildman–Crippen LogP) is 3.25. The van der Waals surface area contributed by atoms with Crippen molar-refractivity contribution in [2.45, 2.75) is 32.7 Å². The Labute approximate surface area is 185 Å². The van der Waals surface area contributed by atoms with Gasteiger partial charge in [-0.25, -0.2) is 9.67 Å². The normalized spacial score (nSPS) is 15.5. The molecule has 4 aromatic rings. The number of fused-ring (bicyclic) bond motifs is 1. The molecule has 0 spiro atoms. The van der Waals surface area contributed by atoms with Gasteiger partial charge < -0.3 is 24.6 Å². The van der Waals surface area contributed by atoms with E-state index in [2.05, 4.69) is 20.4 Å². The molecule has 2 aromatic carbocycles. The van der Waals surface area contributed by atoms with Gasteiger partial charge in [0.25, 0.3) is 0 Å². The first-order valence-corrected chi connectivity index (χ1v) is 10.5. The van der Waals surface area contributed by atoms with Crippen molar-refractivity contribution >= 4 is 17.6 Å². The van der Waals surface area contributed by atoms with Gasteiger partial charge in [0, 0.05) is 37.5 Å². The first kappa shape index (κ1) is 20.1. The molecular formula is C23H25N7O2. The molecule has 0 radical (unpaired) electrons. The van der Waals surface area contributed by atoms with Crippen LogP contribution in [0.25, 0.3) is 5.69 Å². The summed E-state index contributed by atoms with van der Waals surface area (Å²) in [5, 5.41) is 18.4. The van der Waals surface area contributed by atoms with E-state index in [1.165, 1.54) is 0 Å². The third kappa shape index (κ3) is 3.90. The molecule has 164 valence electrons. The van der Waals surface area contributed by atoms with E-state index >= 15 is 0 Å². The summed E-state index contributed by atoms with van der Waals surface area (Å²) in [7, 11) is 1.64. The summed E-state index contributed by atoms with van der Waals surface area (Å²) in [6.07, 6.45) is 3.70. The van der Waals surface area contributed by atoms with Crippen molar-refractivity contribution in [3.05, 3.63) is 72.3 Å². The van der Waals surface area contributed by atoms with Gasteiger partial charge in [-0.1, -0.05) is 30.3 Å². The fourth-order valence-electron chi connectivity index (χ4n) is 3.88. The number of hydrogen-bond donors (Lipinski definition) is 2. The largest absolute Gasteiger partial charge is 0.494 e. The van der Waals surface area contributed by atoms with Gasteiger partial charge in [0.15, 0.2) is 0 Å². The molecule has 0 bridgehead atoms. The van der Waals surface area contributed by atoms with Gasteiger partial charge in [0.1, 0.15) is 12.0 Å². The minimum atomic E-state index is -0.599. The molecule has 0 amide bonds. The molecule has 9 heteroatoms. The Kier molecular flexibility index (Phi) is 5.24. The maximum atomic E-state index is 10.6. The summed E-state index contributed by atoms with van der Waals surface area (Å²) in [4.78, 5) is 10.8. The zero-order valence-electron chi connectivity index (χ0n) is 18.0. The third-order valence-electron chi connectivity index (χ3n) is 5.49. The van der Waals surface area contributed by atoms with Crippen molar-refractivity contribution in [1.82, 2.24) is 24.3 Å². The van der Waals surface area contributed by atoms with Crippen molar-refractivity contribution in [2.75, 3.05) is 17.3 Å². The van der Waals surface area contributed by atoms with E-state index in [-0.39, 0.29) is 0 Å². The molecule has 1 unspecified atom stereocenters. The van der Waals surface area contributed by atoms with E-state index in [1.54, 1.807) is 13.4 Å². The van der Waals surface area contributed by atoms with Crippen molar-refractivity contribution in [2.24, 2.45) is 0 Å². The zero-order chi connectivity index (χ0) is 22.1. The van der Waals surface area contributed by atoms with E-state index in [9.17, 15) is 5.11 Å². The number of anilines is 3. The predicted molar refractivity (Wildman–Crippen MR) is 121 cm³/mol. The van der Waals surface area contributed by atoms with Crippen LogP contribution in [-0.2, 0) is 13.1 Å². The number of nitrogens with one attached hydrogen (secondary N) is 1. The molecule has 0 saturated carbocycles. The van der Waals surface area contributed by atoms with E-state index < -0.39 is 6.23 Å². The molecule has 2 N–H and O–H groups in total. The van der Waals surface area contributed by atoms with Crippen LogP contribution in [0, 0.1) is 6.92 Å². The lowest BCUT2D eigenvalue weighted by Crippen LogP contribution is -2.41. The summed E-state index contributed by atoms with van der Waals surface area (Å²) in [6.45, 7) is 3.12. The van der Waals surface area contributed by atoms with Gasteiger partial charge in [-0.05, 0) is 24.6 Å². The number of aliphatic hydroxyl groups is 1. The highest BCUT2D eigenvalue weighted by atomic mass is 16.5. The minimum Gasteiger partial charge on any atom is -0.494 e. The molecule has 9 nitrogen and oxygen atoms in total. The number of methoxy groups -OCH3 is 1. The van der Waals surface area contributed by atoms with E-state index in [0.29, 0.717) is 37.2 Å². The Balaban J connectivity index is 1.39. The number of benzene rings is 2. The fraction of sp³-hybridized carbons (Fsp3) is 0.261. The van der Waals surface area contributed by atoms with Gasteiger partial charge in [-0.3, -0.25) is 0 Å². The number of hydrogen-bond acceptors (Lipinski definition) is 7. The number of imidazole rings is 1. The smallest absolute Gasteiger partial charge is 0.248 e. The Morgan fingerprint density at radius 3 is 2.78 bits per heavy atom. The third-order valence-corrected chi connectivity index (χ3v) is 5.49.